The number of aromatic nitrogens is 1. The number of hydrogen-bond acceptors (Lipinski definition) is 3. The fourth-order valence-electron chi connectivity index (χ4n) is 1.95. The fourth-order valence-corrected chi connectivity index (χ4v) is 3.17. The monoisotopic (exact) mass is 360 g/mol. The molecule has 0 fully saturated rings. The largest absolute Gasteiger partial charge is 0.305 e. The van der Waals surface area contributed by atoms with Crippen molar-refractivity contribution in [2.45, 2.75) is 26.3 Å². The van der Waals surface area contributed by atoms with Crippen molar-refractivity contribution in [2.24, 2.45) is 0 Å². The molecule has 1 unspecified atom stereocenters. The van der Waals surface area contributed by atoms with Crippen molar-refractivity contribution >= 4 is 27.3 Å². The van der Waals surface area contributed by atoms with Gasteiger partial charge in [0.2, 0.25) is 0 Å². The van der Waals surface area contributed by atoms with Crippen LogP contribution in [0.3, 0.4) is 0 Å². The Morgan fingerprint density at radius 2 is 2.15 bits per heavy atom. The first-order chi connectivity index (χ1) is 9.54. The predicted octanol–water partition coefficient (Wildman–Crippen LogP) is 4.58. The third-order valence-electron chi connectivity index (χ3n) is 2.89. The molecule has 0 bridgehead atoms. The Balaban J connectivity index is 2.49. The third kappa shape index (κ3) is 3.24. The van der Waals surface area contributed by atoms with Crippen LogP contribution in [0.4, 0.5) is 8.78 Å². The quantitative estimate of drug-likeness (QED) is 0.789. The summed E-state index contributed by atoms with van der Waals surface area (Å²) in [6, 6.07) is 2.14. The third-order valence-corrected chi connectivity index (χ3v) is 4.48. The SMILES string of the molecule is CCCNC(c1cnc(C)s1)c1c(F)ccc(Br)c1F. The van der Waals surface area contributed by atoms with E-state index in [1.807, 2.05) is 13.8 Å². The molecule has 2 rings (SSSR count). The van der Waals surface area contributed by atoms with Crippen molar-refractivity contribution in [1.82, 2.24) is 10.3 Å². The molecule has 0 aliphatic heterocycles. The van der Waals surface area contributed by atoms with Gasteiger partial charge in [-0.05, 0) is 48.0 Å². The van der Waals surface area contributed by atoms with Crippen LogP contribution in [0.5, 0.6) is 0 Å². The fraction of sp³-hybridized carbons (Fsp3) is 0.357. The molecule has 0 amide bonds. The molecule has 0 saturated carbocycles. The van der Waals surface area contributed by atoms with Crippen LogP contribution in [0.15, 0.2) is 22.8 Å². The molecule has 6 heteroatoms. The average Bonchev–Trinajstić information content (AvgIpc) is 2.84. The molecule has 0 aliphatic rings. The van der Waals surface area contributed by atoms with E-state index in [4.69, 9.17) is 0 Å². The van der Waals surface area contributed by atoms with Gasteiger partial charge in [-0.3, -0.25) is 0 Å². The molecule has 108 valence electrons. The number of nitrogens with one attached hydrogen (secondary N) is 1. The van der Waals surface area contributed by atoms with E-state index in [9.17, 15) is 8.78 Å². The van der Waals surface area contributed by atoms with E-state index in [2.05, 4.69) is 26.2 Å². The van der Waals surface area contributed by atoms with Gasteiger partial charge in [-0.2, -0.15) is 0 Å². The Labute approximate surface area is 129 Å². The van der Waals surface area contributed by atoms with Crippen molar-refractivity contribution < 1.29 is 8.78 Å². The maximum absolute atomic E-state index is 14.3. The Morgan fingerprint density at radius 1 is 1.40 bits per heavy atom. The lowest BCUT2D eigenvalue weighted by Crippen LogP contribution is -2.24. The Bertz CT molecular complexity index is 601. The summed E-state index contributed by atoms with van der Waals surface area (Å²) >= 11 is 4.55. The average molecular weight is 361 g/mol. The topological polar surface area (TPSA) is 24.9 Å². The summed E-state index contributed by atoms with van der Waals surface area (Å²) in [5.74, 6) is -1.12. The van der Waals surface area contributed by atoms with Crippen molar-refractivity contribution in [1.29, 1.82) is 0 Å². The molecule has 20 heavy (non-hydrogen) atoms. The molecule has 1 aromatic carbocycles. The summed E-state index contributed by atoms with van der Waals surface area (Å²) in [5, 5.41) is 4.07. The standard InChI is InChI=1S/C14H15BrF2N2S/c1-3-6-18-14(11-7-19-8(2)20-11)12-10(16)5-4-9(15)13(12)17/h4-5,7,14,18H,3,6H2,1-2H3. The van der Waals surface area contributed by atoms with Crippen molar-refractivity contribution in [2.75, 3.05) is 6.54 Å². The zero-order valence-electron chi connectivity index (χ0n) is 11.2. The molecular formula is C14H15BrF2N2S. The van der Waals surface area contributed by atoms with E-state index < -0.39 is 17.7 Å². The molecule has 0 spiro atoms. The van der Waals surface area contributed by atoms with Gasteiger partial charge in [0.25, 0.3) is 0 Å². The number of benzene rings is 1. The van der Waals surface area contributed by atoms with Crippen molar-refractivity contribution in [3.05, 3.63) is 49.9 Å². The van der Waals surface area contributed by atoms with Gasteiger partial charge < -0.3 is 5.32 Å². The van der Waals surface area contributed by atoms with Crippen LogP contribution in [0, 0.1) is 18.6 Å². The number of thiazole rings is 1. The lowest BCUT2D eigenvalue weighted by molar-refractivity contribution is 0.503. The maximum atomic E-state index is 14.3. The predicted molar refractivity (Wildman–Crippen MR) is 81.0 cm³/mol. The Morgan fingerprint density at radius 3 is 2.75 bits per heavy atom. The summed E-state index contributed by atoms with van der Waals surface area (Å²) < 4.78 is 28.6. The number of rotatable bonds is 5. The van der Waals surface area contributed by atoms with Gasteiger partial charge in [0.05, 0.1) is 15.5 Å². The molecule has 2 aromatic rings. The van der Waals surface area contributed by atoms with Gasteiger partial charge in [-0.1, -0.05) is 6.92 Å². The van der Waals surface area contributed by atoms with Gasteiger partial charge in [-0.15, -0.1) is 11.3 Å². The van der Waals surface area contributed by atoms with E-state index in [1.165, 1.54) is 23.5 Å². The molecule has 0 radical (unpaired) electrons. The second kappa shape index (κ2) is 6.74. The lowest BCUT2D eigenvalue weighted by Gasteiger charge is -2.19. The van der Waals surface area contributed by atoms with Crippen LogP contribution < -0.4 is 5.32 Å². The Kier molecular flexibility index (Phi) is 5.23. The summed E-state index contributed by atoms with van der Waals surface area (Å²) in [4.78, 5) is 4.99. The molecule has 0 saturated heterocycles. The maximum Gasteiger partial charge on any atom is 0.145 e. The molecule has 2 nitrogen and oxygen atoms in total. The van der Waals surface area contributed by atoms with Crippen LogP contribution >= 0.6 is 27.3 Å². The zero-order valence-corrected chi connectivity index (χ0v) is 13.6. The summed E-state index contributed by atoms with van der Waals surface area (Å²) in [5.41, 5.74) is 0.0384. The molecule has 1 N–H and O–H groups in total. The van der Waals surface area contributed by atoms with Crippen molar-refractivity contribution in [3.63, 3.8) is 0 Å². The second-order valence-electron chi connectivity index (χ2n) is 4.43. The van der Waals surface area contributed by atoms with Gasteiger partial charge in [0.1, 0.15) is 11.6 Å². The normalized spacial score (nSPS) is 12.7. The van der Waals surface area contributed by atoms with E-state index >= 15 is 0 Å². The van der Waals surface area contributed by atoms with Crippen LogP contribution in [0.2, 0.25) is 0 Å². The number of hydrogen-bond donors (Lipinski definition) is 1. The van der Waals surface area contributed by atoms with Crippen LogP contribution in [-0.2, 0) is 0 Å². The van der Waals surface area contributed by atoms with Gasteiger partial charge >= 0.3 is 0 Å². The Hall–Kier alpha value is -0.850. The number of nitrogens with zero attached hydrogens (tertiary/aromatic N) is 1. The van der Waals surface area contributed by atoms with Gasteiger partial charge in [-0.25, -0.2) is 13.8 Å². The number of halogens is 3. The zero-order chi connectivity index (χ0) is 14.7. The number of aryl methyl sites for hydroxylation is 1. The van der Waals surface area contributed by atoms with Gasteiger partial charge in [0.15, 0.2) is 0 Å². The lowest BCUT2D eigenvalue weighted by atomic mass is 10.0. The first-order valence-corrected chi connectivity index (χ1v) is 7.94. The summed E-state index contributed by atoms with van der Waals surface area (Å²) in [7, 11) is 0. The van der Waals surface area contributed by atoms with E-state index in [1.54, 1.807) is 6.20 Å². The van der Waals surface area contributed by atoms with Crippen LogP contribution in [0.1, 0.15) is 34.8 Å². The first kappa shape index (κ1) is 15.5. The minimum Gasteiger partial charge on any atom is -0.305 e. The molecule has 0 aliphatic carbocycles. The highest BCUT2D eigenvalue weighted by molar-refractivity contribution is 9.10. The van der Waals surface area contributed by atoms with Crippen LogP contribution in [-0.4, -0.2) is 11.5 Å². The minimum absolute atomic E-state index is 0.0384. The first-order valence-electron chi connectivity index (χ1n) is 6.33. The highest BCUT2D eigenvalue weighted by Gasteiger charge is 2.24. The van der Waals surface area contributed by atoms with E-state index in [0.29, 0.717) is 6.54 Å². The minimum atomic E-state index is -0.565. The highest BCUT2D eigenvalue weighted by Crippen LogP contribution is 2.33. The molecule has 1 atom stereocenters. The summed E-state index contributed by atoms with van der Waals surface area (Å²) in [6.07, 6.45) is 2.55. The van der Waals surface area contributed by atoms with Crippen LogP contribution in [0.25, 0.3) is 0 Å². The van der Waals surface area contributed by atoms with E-state index in [0.717, 1.165) is 16.3 Å². The highest BCUT2D eigenvalue weighted by atomic mass is 79.9. The van der Waals surface area contributed by atoms with E-state index in [-0.39, 0.29) is 10.0 Å². The molecule has 1 aromatic heterocycles. The second-order valence-corrected chi connectivity index (χ2v) is 6.55. The van der Waals surface area contributed by atoms with Gasteiger partial charge in [0, 0.05) is 16.6 Å². The smallest absolute Gasteiger partial charge is 0.145 e. The molecular weight excluding hydrogens is 346 g/mol. The van der Waals surface area contributed by atoms with Crippen molar-refractivity contribution in [3.8, 4) is 0 Å². The molecule has 1 heterocycles. The summed E-state index contributed by atoms with van der Waals surface area (Å²) in [6.45, 7) is 4.56.